The standard InChI is InChI=1S/C18H14ClN3O2/c1-12-5-7-14(8-6-12)22-17(23)13-3-2-4-15(9-13)24-18-16(19)10-20-11-21-18/h2-11H,1H3,(H,22,23). The lowest BCUT2D eigenvalue weighted by atomic mass is 10.2. The number of carbonyl (C=O) groups is 1. The van der Waals surface area contributed by atoms with E-state index in [1.807, 2.05) is 31.2 Å². The minimum atomic E-state index is -0.224. The van der Waals surface area contributed by atoms with Crippen LogP contribution in [0.25, 0.3) is 0 Å². The molecule has 3 aromatic rings. The predicted molar refractivity (Wildman–Crippen MR) is 92.7 cm³/mol. The van der Waals surface area contributed by atoms with E-state index in [4.69, 9.17) is 16.3 Å². The van der Waals surface area contributed by atoms with E-state index in [9.17, 15) is 4.79 Å². The van der Waals surface area contributed by atoms with Gasteiger partial charge < -0.3 is 10.1 Å². The number of hydrogen-bond donors (Lipinski definition) is 1. The number of anilines is 1. The topological polar surface area (TPSA) is 64.1 Å². The first-order chi connectivity index (χ1) is 11.6. The van der Waals surface area contributed by atoms with E-state index < -0.39 is 0 Å². The smallest absolute Gasteiger partial charge is 0.255 e. The molecule has 0 radical (unpaired) electrons. The maximum Gasteiger partial charge on any atom is 0.255 e. The molecule has 0 fully saturated rings. The average Bonchev–Trinajstić information content (AvgIpc) is 2.59. The Bertz CT molecular complexity index is 866. The Kier molecular flexibility index (Phi) is 4.72. The fourth-order valence-corrected chi connectivity index (χ4v) is 2.17. The van der Waals surface area contributed by atoms with E-state index in [1.165, 1.54) is 12.5 Å². The van der Waals surface area contributed by atoms with E-state index in [-0.39, 0.29) is 11.8 Å². The molecule has 5 nitrogen and oxygen atoms in total. The van der Waals surface area contributed by atoms with Crippen LogP contribution >= 0.6 is 11.6 Å². The molecule has 1 aromatic heterocycles. The zero-order valence-corrected chi connectivity index (χ0v) is 13.6. The van der Waals surface area contributed by atoms with Crippen molar-refractivity contribution in [3.05, 3.63) is 77.2 Å². The van der Waals surface area contributed by atoms with Gasteiger partial charge in [0.05, 0.1) is 6.20 Å². The number of rotatable bonds is 4. The fourth-order valence-electron chi connectivity index (χ4n) is 2.03. The summed E-state index contributed by atoms with van der Waals surface area (Å²) < 4.78 is 5.60. The fraction of sp³-hybridized carbons (Fsp3) is 0.0556. The predicted octanol–water partition coefficient (Wildman–Crippen LogP) is 4.48. The van der Waals surface area contributed by atoms with Gasteiger partial charge in [-0.1, -0.05) is 35.4 Å². The van der Waals surface area contributed by atoms with Crippen molar-refractivity contribution in [2.75, 3.05) is 5.32 Å². The monoisotopic (exact) mass is 339 g/mol. The van der Waals surface area contributed by atoms with Crippen LogP contribution in [-0.4, -0.2) is 15.9 Å². The minimum Gasteiger partial charge on any atom is -0.437 e. The minimum absolute atomic E-state index is 0.224. The Hall–Kier alpha value is -2.92. The van der Waals surface area contributed by atoms with E-state index in [2.05, 4.69) is 15.3 Å². The molecule has 2 aromatic carbocycles. The van der Waals surface area contributed by atoms with Crippen molar-refractivity contribution in [1.82, 2.24) is 9.97 Å². The number of nitrogens with one attached hydrogen (secondary N) is 1. The highest BCUT2D eigenvalue weighted by Crippen LogP contribution is 2.26. The lowest BCUT2D eigenvalue weighted by molar-refractivity contribution is 0.102. The summed E-state index contributed by atoms with van der Waals surface area (Å²) in [4.78, 5) is 20.1. The second-order valence-corrected chi connectivity index (χ2v) is 5.53. The number of hydrogen-bond acceptors (Lipinski definition) is 4. The summed E-state index contributed by atoms with van der Waals surface area (Å²) in [7, 11) is 0. The van der Waals surface area contributed by atoms with Crippen molar-refractivity contribution < 1.29 is 9.53 Å². The van der Waals surface area contributed by atoms with Gasteiger partial charge in [0.25, 0.3) is 5.91 Å². The number of amides is 1. The van der Waals surface area contributed by atoms with Crippen molar-refractivity contribution >= 4 is 23.2 Å². The number of halogens is 1. The first-order valence-electron chi connectivity index (χ1n) is 7.23. The van der Waals surface area contributed by atoms with Crippen molar-refractivity contribution in [3.63, 3.8) is 0 Å². The van der Waals surface area contributed by atoms with Crippen LogP contribution in [-0.2, 0) is 0 Å². The summed E-state index contributed by atoms with van der Waals surface area (Å²) in [5.41, 5.74) is 2.33. The first kappa shape index (κ1) is 16.0. The van der Waals surface area contributed by atoms with Gasteiger partial charge in [0.1, 0.15) is 17.1 Å². The van der Waals surface area contributed by atoms with Gasteiger partial charge in [-0.15, -0.1) is 0 Å². The highest BCUT2D eigenvalue weighted by Gasteiger charge is 2.09. The molecule has 0 aliphatic heterocycles. The molecule has 6 heteroatoms. The molecule has 0 unspecified atom stereocenters. The van der Waals surface area contributed by atoms with E-state index in [0.29, 0.717) is 16.3 Å². The number of benzene rings is 2. The Morgan fingerprint density at radius 2 is 1.96 bits per heavy atom. The molecule has 3 rings (SSSR count). The van der Waals surface area contributed by atoms with Gasteiger partial charge in [-0.3, -0.25) is 4.79 Å². The largest absolute Gasteiger partial charge is 0.437 e. The van der Waals surface area contributed by atoms with Crippen molar-refractivity contribution in [3.8, 4) is 11.6 Å². The van der Waals surface area contributed by atoms with Crippen molar-refractivity contribution in [1.29, 1.82) is 0 Å². The van der Waals surface area contributed by atoms with Crippen LogP contribution < -0.4 is 10.1 Å². The van der Waals surface area contributed by atoms with Gasteiger partial charge >= 0.3 is 0 Å². The Labute approximate surface area is 144 Å². The van der Waals surface area contributed by atoms with E-state index >= 15 is 0 Å². The summed E-state index contributed by atoms with van der Waals surface area (Å²) in [6.07, 6.45) is 2.78. The molecule has 0 saturated heterocycles. The molecular formula is C18H14ClN3O2. The maximum absolute atomic E-state index is 12.4. The van der Waals surface area contributed by atoms with Gasteiger partial charge in [-0.25, -0.2) is 9.97 Å². The summed E-state index contributed by atoms with van der Waals surface area (Å²) in [5.74, 6) is 0.480. The molecule has 120 valence electrons. The van der Waals surface area contributed by atoms with Crippen LogP contribution in [0.4, 0.5) is 5.69 Å². The number of aromatic nitrogens is 2. The van der Waals surface area contributed by atoms with Crippen molar-refractivity contribution in [2.45, 2.75) is 6.92 Å². The molecule has 0 aliphatic rings. The van der Waals surface area contributed by atoms with Crippen LogP contribution in [0.5, 0.6) is 11.6 Å². The van der Waals surface area contributed by atoms with Crippen LogP contribution in [0, 0.1) is 6.92 Å². The first-order valence-corrected chi connectivity index (χ1v) is 7.61. The van der Waals surface area contributed by atoms with Crippen LogP contribution in [0.2, 0.25) is 5.02 Å². The zero-order chi connectivity index (χ0) is 16.9. The molecule has 1 amide bonds. The maximum atomic E-state index is 12.4. The quantitative estimate of drug-likeness (QED) is 0.761. The third-order valence-electron chi connectivity index (χ3n) is 3.25. The SMILES string of the molecule is Cc1ccc(NC(=O)c2cccc(Oc3ncncc3Cl)c2)cc1. The summed E-state index contributed by atoms with van der Waals surface area (Å²) in [6.45, 7) is 1.99. The summed E-state index contributed by atoms with van der Waals surface area (Å²) in [5, 5.41) is 3.14. The average molecular weight is 340 g/mol. The van der Waals surface area contributed by atoms with E-state index in [0.717, 1.165) is 11.3 Å². The number of ether oxygens (including phenoxy) is 1. The van der Waals surface area contributed by atoms with Gasteiger partial charge in [0.15, 0.2) is 0 Å². The molecule has 24 heavy (non-hydrogen) atoms. The number of aryl methyl sites for hydroxylation is 1. The third kappa shape index (κ3) is 3.88. The van der Waals surface area contributed by atoms with Crippen molar-refractivity contribution in [2.24, 2.45) is 0 Å². The van der Waals surface area contributed by atoms with Gasteiger partial charge in [0, 0.05) is 11.3 Å². The second kappa shape index (κ2) is 7.10. The molecule has 0 saturated carbocycles. The number of nitrogens with zero attached hydrogens (tertiary/aromatic N) is 2. The molecular weight excluding hydrogens is 326 g/mol. The normalized spacial score (nSPS) is 10.2. The second-order valence-electron chi connectivity index (χ2n) is 5.13. The summed E-state index contributed by atoms with van der Waals surface area (Å²) >= 11 is 5.97. The van der Waals surface area contributed by atoms with Gasteiger partial charge in [0.2, 0.25) is 5.88 Å². The molecule has 1 heterocycles. The lowest BCUT2D eigenvalue weighted by Gasteiger charge is -2.08. The molecule has 0 spiro atoms. The van der Waals surface area contributed by atoms with Gasteiger partial charge in [-0.2, -0.15) is 0 Å². The van der Waals surface area contributed by atoms with E-state index in [1.54, 1.807) is 24.3 Å². The molecule has 0 atom stereocenters. The molecule has 0 bridgehead atoms. The zero-order valence-electron chi connectivity index (χ0n) is 12.9. The Morgan fingerprint density at radius 1 is 1.17 bits per heavy atom. The highest BCUT2D eigenvalue weighted by atomic mass is 35.5. The lowest BCUT2D eigenvalue weighted by Crippen LogP contribution is -2.11. The van der Waals surface area contributed by atoms with Gasteiger partial charge in [-0.05, 0) is 37.3 Å². The van der Waals surface area contributed by atoms with Crippen LogP contribution in [0.3, 0.4) is 0 Å². The van der Waals surface area contributed by atoms with Crippen LogP contribution in [0.15, 0.2) is 61.1 Å². The molecule has 1 N–H and O–H groups in total. The third-order valence-corrected chi connectivity index (χ3v) is 3.51. The Balaban J connectivity index is 1.76. The Morgan fingerprint density at radius 3 is 2.71 bits per heavy atom. The summed E-state index contributed by atoms with van der Waals surface area (Å²) in [6, 6.07) is 14.4. The van der Waals surface area contributed by atoms with Crippen LogP contribution in [0.1, 0.15) is 15.9 Å². The highest BCUT2D eigenvalue weighted by molar-refractivity contribution is 6.31. The molecule has 0 aliphatic carbocycles. The number of carbonyl (C=O) groups excluding carboxylic acids is 1.